The number of halogens is 1. The van der Waals surface area contributed by atoms with Gasteiger partial charge in [-0.15, -0.1) is 11.3 Å². The molecule has 0 saturated carbocycles. The number of sulfonamides is 1. The fourth-order valence-corrected chi connectivity index (χ4v) is 5.05. The van der Waals surface area contributed by atoms with Crippen LogP contribution in [0.5, 0.6) is 0 Å². The molecule has 0 radical (unpaired) electrons. The SMILES string of the molecule is CCCn1cc(NS(=O)(=O)c2cc(C)c(Br)s2)ccc1=O. The Morgan fingerprint density at radius 1 is 1.38 bits per heavy atom. The van der Waals surface area contributed by atoms with Crippen molar-refractivity contribution in [3.8, 4) is 0 Å². The minimum absolute atomic E-state index is 0.144. The van der Waals surface area contributed by atoms with Crippen molar-refractivity contribution in [3.05, 3.63) is 44.1 Å². The van der Waals surface area contributed by atoms with Gasteiger partial charge in [-0.3, -0.25) is 9.52 Å². The number of hydrogen-bond acceptors (Lipinski definition) is 4. The third-order valence-corrected chi connectivity index (χ3v) is 6.79. The largest absolute Gasteiger partial charge is 0.313 e. The molecular formula is C13H15BrN2O3S2. The van der Waals surface area contributed by atoms with Crippen molar-refractivity contribution in [1.82, 2.24) is 4.57 Å². The molecule has 2 aromatic rings. The first-order chi connectivity index (χ1) is 9.83. The van der Waals surface area contributed by atoms with Gasteiger partial charge >= 0.3 is 0 Å². The second-order valence-electron chi connectivity index (χ2n) is 4.58. The maximum absolute atomic E-state index is 12.3. The molecule has 0 aliphatic carbocycles. The maximum Gasteiger partial charge on any atom is 0.271 e. The van der Waals surface area contributed by atoms with Crippen molar-refractivity contribution in [1.29, 1.82) is 0 Å². The number of aromatic nitrogens is 1. The Morgan fingerprint density at radius 2 is 2.10 bits per heavy atom. The molecule has 2 rings (SSSR count). The Morgan fingerprint density at radius 3 is 2.67 bits per heavy atom. The van der Waals surface area contributed by atoms with Crippen LogP contribution in [0.15, 0.2) is 37.2 Å². The summed E-state index contributed by atoms with van der Waals surface area (Å²) < 4.78 is 29.6. The minimum Gasteiger partial charge on any atom is -0.313 e. The molecule has 0 spiro atoms. The summed E-state index contributed by atoms with van der Waals surface area (Å²) in [6.07, 6.45) is 2.33. The molecule has 5 nitrogen and oxygen atoms in total. The molecule has 0 unspecified atom stereocenters. The van der Waals surface area contributed by atoms with Gasteiger partial charge in [-0.25, -0.2) is 8.42 Å². The van der Waals surface area contributed by atoms with Gasteiger partial charge in [-0.1, -0.05) is 6.92 Å². The monoisotopic (exact) mass is 390 g/mol. The molecule has 0 fully saturated rings. The van der Waals surface area contributed by atoms with Gasteiger partial charge in [0.15, 0.2) is 0 Å². The fraction of sp³-hybridized carbons (Fsp3) is 0.308. The third kappa shape index (κ3) is 3.75. The molecule has 1 N–H and O–H groups in total. The molecule has 114 valence electrons. The zero-order chi connectivity index (χ0) is 15.6. The number of anilines is 1. The predicted molar refractivity (Wildman–Crippen MR) is 88.6 cm³/mol. The van der Waals surface area contributed by atoms with E-state index in [1.165, 1.54) is 22.9 Å². The molecule has 2 aromatic heterocycles. The van der Waals surface area contributed by atoms with Crippen LogP contribution in [-0.4, -0.2) is 13.0 Å². The number of rotatable bonds is 5. The standard InChI is InChI=1S/C13H15BrN2O3S2/c1-3-6-16-8-10(4-5-11(16)17)15-21(18,19)12-7-9(2)13(14)20-12/h4-5,7-8,15H,3,6H2,1-2H3. The van der Waals surface area contributed by atoms with Crippen LogP contribution >= 0.6 is 27.3 Å². The predicted octanol–water partition coefficient (Wildman–Crippen LogP) is 3.19. The topological polar surface area (TPSA) is 68.2 Å². The average molecular weight is 391 g/mol. The van der Waals surface area contributed by atoms with E-state index >= 15 is 0 Å². The van der Waals surface area contributed by atoms with Gasteiger partial charge in [0.2, 0.25) is 0 Å². The Balaban J connectivity index is 2.32. The van der Waals surface area contributed by atoms with Crippen LogP contribution in [0.25, 0.3) is 0 Å². The van der Waals surface area contributed by atoms with Crippen LogP contribution in [0.2, 0.25) is 0 Å². The lowest BCUT2D eigenvalue weighted by Gasteiger charge is -2.09. The molecule has 0 saturated heterocycles. The second-order valence-corrected chi connectivity index (χ2v) is 8.86. The number of nitrogens with zero attached hydrogens (tertiary/aromatic N) is 1. The molecule has 0 amide bonds. The summed E-state index contributed by atoms with van der Waals surface area (Å²) in [6, 6.07) is 4.45. The van der Waals surface area contributed by atoms with Crippen LogP contribution in [0, 0.1) is 6.92 Å². The average Bonchev–Trinajstić information content (AvgIpc) is 2.75. The van der Waals surface area contributed by atoms with E-state index in [0.717, 1.165) is 27.1 Å². The molecule has 0 aliphatic heterocycles. The summed E-state index contributed by atoms with van der Waals surface area (Å²) in [5.74, 6) is 0. The van der Waals surface area contributed by atoms with Gasteiger partial charge in [-0.2, -0.15) is 0 Å². The van der Waals surface area contributed by atoms with Crippen molar-refractivity contribution < 1.29 is 8.42 Å². The highest BCUT2D eigenvalue weighted by Crippen LogP contribution is 2.31. The number of hydrogen-bond donors (Lipinski definition) is 1. The molecule has 2 heterocycles. The molecule has 21 heavy (non-hydrogen) atoms. The number of nitrogens with one attached hydrogen (secondary N) is 1. The molecule has 8 heteroatoms. The zero-order valence-electron chi connectivity index (χ0n) is 11.6. The lowest BCUT2D eigenvalue weighted by atomic mass is 10.4. The molecular weight excluding hydrogens is 376 g/mol. The Bertz CT molecular complexity index is 790. The van der Waals surface area contributed by atoms with Crippen molar-refractivity contribution in [2.75, 3.05) is 4.72 Å². The highest BCUT2D eigenvalue weighted by Gasteiger charge is 2.18. The van der Waals surface area contributed by atoms with Crippen molar-refractivity contribution in [2.45, 2.75) is 31.0 Å². The van der Waals surface area contributed by atoms with Gasteiger partial charge in [0.1, 0.15) is 4.21 Å². The van der Waals surface area contributed by atoms with E-state index < -0.39 is 10.0 Å². The summed E-state index contributed by atoms with van der Waals surface area (Å²) in [7, 11) is -3.64. The Hall–Kier alpha value is -1.12. The molecule has 0 atom stereocenters. The van der Waals surface area contributed by atoms with Gasteiger partial charge in [0.05, 0.1) is 9.47 Å². The minimum atomic E-state index is -3.64. The van der Waals surface area contributed by atoms with Crippen LogP contribution in [0.3, 0.4) is 0 Å². The van der Waals surface area contributed by atoms with Crippen molar-refractivity contribution in [2.24, 2.45) is 0 Å². The van der Waals surface area contributed by atoms with Gasteiger partial charge in [0, 0.05) is 18.8 Å². The first kappa shape index (κ1) is 16.3. The van der Waals surface area contributed by atoms with E-state index in [4.69, 9.17) is 0 Å². The summed E-state index contributed by atoms with van der Waals surface area (Å²) in [6.45, 7) is 4.34. The molecule has 0 bridgehead atoms. The van der Waals surface area contributed by atoms with Crippen LogP contribution in [0.4, 0.5) is 5.69 Å². The zero-order valence-corrected chi connectivity index (χ0v) is 14.8. The van der Waals surface area contributed by atoms with Gasteiger partial charge < -0.3 is 4.57 Å². The van der Waals surface area contributed by atoms with Gasteiger partial charge in [0.25, 0.3) is 15.6 Å². The smallest absolute Gasteiger partial charge is 0.271 e. The van der Waals surface area contributed by atoms with Gasteiger partial charge in [-0.05, 0) is 47.0 Å². The highest BCUT2D eigenvalue weighted by atomic mass is 79.9. The number of aryl methyl sites for hydroxylation is 2. The lowest BCUT2D eigenvalue weighted by Crippen LogP contribution is -2.20. The van der Waals surface area contributed by atoms with Crippen molar-refractivity contribution >= 4 is 43.0 Å². The van der Waals surface area contributed by atoms with Crippen LogP contribution in [0.1, 0.15) is 18.9 Å². The Labute approximate surface area is 135 Å². The Kier molecular flexibility index (Phi) is 4.90. The summed E-state index contributed by atoms with van der Waals surface area (Å²) >= 11 is 4.47. The third-order valence-electron chi connectivity index (χ3n) is 2.80. The van der Waals surface area contributed by atoms with E-state index in [1.54, 1.807) is 6.07 Å². The van der Waals surface area contributed by atoms with E-state index in [9.17, 15) is 13.2 Å². The maximum atomic E-state index is 12.3. The lowest BCUT2D eigenvalue weighted by molar-refractivity contribution is 0.602. The highest BCUT2D eigenvalue weighted by molar-refractivity contribution is 9.11. The van der Waals surface area contributed by atoms with E-state index in [0.29, 0.717) is 12.2 Å². The van der Waals surface area contributed by atoms with Crippen LogP contribution < -0.4 is 10.3 Å². The van der Waals surface area contributed by atoms with Crippen molar-refractivity contribution in [3.63, 3.8) is 0 Å². The van der Waals surface area contributed by atoms with E-state index in [2.05, 4.69) is 20.7 Å². The van der Waals surface area contributed by atoms with Crippen LogP contribution in [-0.2, 0) is 16.6 Å². The normalized spacial score (nSPS) is 11.6. The quantitative estimate of drug-likeness (QED) is 0.851. The molecule has 0 aromatic carbocycles. The molecule has 0 aliphatic rings. The van der Waals surface area contributed by atoms with E-state index in [-0.39, 0.29) is 9.77 Å². The summed E-state index contributed by atoms with van der Waals surface area (Å²) in [4.78, 5) is 11.6. The van der Waals surface area contributed by atoms with E-state index in [1.807, 2.05) is 13.8 Å². The number of thiophene rings is 1. The first-order valence-corrected chi connectivity index (χ1v) is 9.42. The summed E-state index contributed by atoms with van der Waals surface area (Å²) in [5.41, 5.74) is 1.11. The number of pyridine rings is 1. The summed E-state index contributed by atoms with van der Waals surface area (Å²) in [5, 5.41) is 0. The second kappa shape index (κ2) is 6.33. The first-order valence-electron chi connectivity index (χ1n) is 6.32. The fourth-order valence-electron chi connectivity index (χ4n) is 1.78.